The Hall–Kier alpha value is -2.18. The molecule has 0 saturated carbocycles. The SMILES string of the molecule is Cc1nc(C=CC(=O)Nc2ccc(C(=O)O)c(Cl)c2)cs1. The van der Waals surface area contributed by atoms with Gasteiger partial charge in [0.2, 0.25) is 5.91 Å². The summed E-state index contributed by atoms with van der Waals surface area (Å²) < 4.78 is 0. The number of amides is 1. The standard InChI is InChI=1S/C14H11ClN2O3S/c1-8-16-10(7-21-8)3-5-13(18)17-9-2-4-11(14(19)20)12(15)6-9/h2-7H,1H3,(H,17,18)(H,19,20). The second-order valence-corrected chi connectivity index (χ2v) is 5.58. The van der Waals surface area contributed by atoms with Crippen molar-refractivity contribution in [3.8, 4) is 0 Å². The van der Waals surface area contributed by atoms with Crippen molar-refractivity contribution in [2.45, 2.75) is 6.92 Å². The molecule has 7 heteroatoms. The molecular formula is C14H11ClN2O3S. The largest absolute Gasteiger partial charge is 0.478 e. The smallest absolute Gasteiger partial charge is 0.337 e. The van der Waals surface area contributed by atoms with Gasteiger partial charge in [0.1, 0.15) is 0 Å². The van der Waals surface area contributed by atoms with E-state index in [0.717, 1.165) is 5.01 Å². The first kappa shape index (κ1) is 15.2. The number of hydrogen-bond acceptors (Lipinski definition) is 4. The number of aryl methyl sites for hydroxylation is 1. The number of aromatic carboxylic acids is 1. The molecule has 5 nitrogen and oxygen atoms in total. The molecule has 2 aromatic rings. The summed E-state index contributed by atoms with van der Waals surface area (Å²) in [6, 6.07) is 4.21. The van der Waals surface area contributed by atoms with Crippen LogP contribution in [0.25, 0.3) is 6.08 Å². The highest BCUT2D eigenvalue weighted by atomic mass is 35.5. The number of nitrogens with zero attached hydrogens (tertiary/aromatic N) is 1. The van der Waals surface area contributed by atoms with Crippen molar-refractivity contribution < 1.29 is 14.7 Å². The number of aromatic nitrogens is 1. The van der Waals surface area contributed by atoms with Gasteiger partial charge in [0.05, 0.1) is 21.3 Å². The predicted molar refractivity (Wildman–Crippen MR) is 82.9 cm³/mol. The first-order valence-corrected chi connectivity index (χ1v) is 7.15. The first-order valence-electron chi connectivity index (χ1n) is 5.90. The van der Waals surface area contributed by atoms with Crippen molar-refractivity contribution >= 4 is 46.6 Å². The highest BCUT2D eigenvalue weighted by Crippen LogP contribution is 2.21. The van der Waals surface area contributed by atoms with E-state index in [2.05, 4.69) is 10.3 Å². The molecule has 0 saturated heterocycles. The number of carboxylic acid groups (broad SMARTS) is 1. The molecule has 0 atom stereocenters. The molecule has 1 heterocycles. The minimum atomic E-state index is -1.11. The number of anilines is 1. The van der Waals surface area contributed by atoms with E-state index in [1.165, 1.54) is 35.6 Å². The summed E-state index contributed by atoms with van der Waals surface area (Å²) in [6.07, 6.45) is 2.96. The van der Waals surface area contributed by atoms with E-state index in [1.807, 2.05) is 12.3 Å². The Balaban J connectivity index is 2.04. The van der Waals surface area contributed by atoms with Crippen molar-refractivity contribution in [2.24, 2.45) is 0 Å². The Morgan fingerprint density at radius 3 is 2.76 bits per heavy atom. The molecule has 1 aromatic heterocycles. The van der Waals surface area contributed by atoms with E-state index in [0.29, 0.717) is 11.4 Å². The van der Waals surface area contributed by atoms with Gasteiger partial charge in [-0.15, -0.1) is 11.3 Å². The zero-order valence-electron chi connectivity index (χ0n) is 11.0. The van der Waals surface area contributed by atoms with Gasteiger partial charge in [0.25, 0.3) is 0 Å². The number of carboxylic acids is 1. The Labute approximate surface area is 129 Å². The van der Waals surface area contributed by atoms with Crippen molar-refractivity contribution in [2.75, 3.05) is 5.32 Å². The van der Waals surface area contributed by atoms with Gasteiger partial charge in [-0.25, -0.2) is 9.78 Å². The minimum absolute atomic E-state index is 0.0110. The number of carbonyl (C=O) groups excluding carboxylic acids is 1. The lowest BCUT2D eigenvalue weighted by molar-refractivity contribution is -0.111. The maximum Gasteiger partial charge on any atom is 0.337 e. The van der Waals surface area contributed by atoms with E-state index in [9.17, 15) is 9.59 Å². The van der Waals surface area contributed by atoms with Gasteiger partial charge >= 0.3 is 5.97 Å². The number of rotatable bonds is 4. The van der Waals surface area contributed by atoms with E-state index < -0.39 is 5.97 Å². The van der Waals surface area contributed by atoms with Gasteiger partial charge in [0, 0.05) is 17.1 Å². The molecule has 1 aromatic carbocycles. The summed E-state index contributed by atoms with van der Waals surface area (Å²) in [7, 11) is 0. The molecular weight excluding hydrogens is 312 g/mol. The third kappa shape index (κ3) is 4.14. The molecule has 2 rings (SSSR count). The fourth-order valence-corrected chi connectivity index (χ4v) is 2.41. The van der Waals surface area contributed by atoms with Crippen LogP contribution in [0, 0.1) is 6.92 Å². The second kappa shape index (κ2) is 6.51. The van der Waals surface area contributed by atoms with Crippen LogP contribution in [0.15, 0.2) is 29.7 Å². The topological polar surface area (TPSA) is 79.3 Å². The summed E-state index contributed by atoms with van der Waals surface area (Å²) in [4.78, 5) is 26.8. The summed E-state index contributed by atoms with van der Waals surface area (Å²) in [6.45, 7) is 1.88. The molecule has 0 aliphatic rings. The molecule has 0 aliphatic carbocycles. The van der Waals surface area contributed by atoms with Crippen molar-refractivity contribution in [1.82, 2.24) is 4.98 Å². The van der Waals surface area contributed by atoms with Gasteiger partial charge in [-0.3, -0.25) is 4.79 Å². The van der Waals surface area contributed by atoms with E-state index in [4.69, 9.17) is 16.7 Å². The summed E-state index contributed by atoms with van der Waals surface area (Å²) >= 11 is 7.32. The molecule has 2 N–H and O–H groups in total. The number of carbonyl (C=O) groups is 2. The van der Waals surface area contributed by atoms with E-state index in [1.54, 1.807) is 6.08 Å². The summed E-state index contributed by atoms with van der Waals surface area (Å²) in [5.74, 6) is -1.46. The monoisotopic (exact) mass is 322 g/mol. The third-order valence-corrected chi connectivity index (χ3v) is 3.61. The molecule has 108 valence electrons. The quantitative estimate of drug-likeness (QED) is 0.845. The lowest BCUT2D eigenvalue weighted by Crippen LogP contribution is -2.08. The van der Waals surface area contributed by atoms with Crippen LogP contribution in [-0.2, 0) is 4.79 Å². The van der Waals surface area contributed by atoms with Gasteiger partial charge in [-0.2, -0.15) is 0 Å². The van der Waals surface area contributed by atoms with Gasteiger partial charge in [-0.05, 0) is 31.2 Å². The fraction of sp³-hybridized carbons (Fsp3) is 0.0714. The van der Waals surface area contributed by atoms with Crippen molar-refractivity contribution in [1.29, 1.82) is 0 Å². The molecule has 21 heavy (non-hydrogen) atoms. The number of nitrogens with one attached hydrogen (secondary N) is 1. The molecule has 0 fully saturated rings. The van der Waals surface area contributed by atoms with Crippen LogP contribution in [0.4, 0.5) is 5.69 Å². The highest BCUT2D eigenvalue weighted by molar-refractivity contribution is 7.09. The maximum absolute atomic E-state index is 11.7. The van der Waals surface area contributed by atoms with Crippen LogP contribution >= 0.6 is 22.9 Å². The molecule has 0 unspecified atom stereocenters. The maximum atomic E-state index is 11.7. The molecule has 0 radical (unpaired) electrons. The number of benzene rings is 1. The zero-order valence-corrected chi connectivity index (χ0v) is 12.5. The number of halogens is 1. The molecule has 0 bridgehead atoms. The Bertz CT molecular complexity index is 725. The van der Waals surface area contributed by atoms with Crippen LogP contribution < -0.4 is 5.32 Å². The van der Waals surface area contributed by atoms with Gasteiger partial charge < -0.3 is 10.4 Å². The van der Waals surface area contributed by atoms with Crippen LogP contribution in [0.5, 0.6) is 0 Å². The average Bonchev–Trinajstić information content (AvgIpc) is 2.82. The number of thiazole rings is 1. The van der Waals surface area contributed by atoms with Crippen molar-refractivity contribution in [3.05, 3.63) is 50.9 Å². The first-order chi connectivity index (χ1) is 9.95. The van der Waals surface area contributed by atoms with Gasteiger partial charge in [0.15, 0.2) is 0 Å². The highest BCUT2D eigenvalue weighted by Gasteiger charge is 2.09. The average molecular weight is 323 g/mol. The lowest BCUT2D eigenvalue weighted by Gasteiger charge is -2.04. The Kier molecular flexibility index (Phi) is 4.72. The van der Waals surface area contributed by atoms with Crippen LogP contribution in [0.1, 0.15) is 21.1 Å². The van der Waals surface area contributed by atoms with Crippen LogP contribution in [0.3, 0.4) is 0 Å². The summed E-state index contributed by atoms with van der Waals surface area (Å²) in [5, 5.41) is 14.3. The minimum Gasteiger partial charge on any atom is -0.478 e. The van der Waals surface area contributed by atoms with Crippen LogP contribution in [-0.4, -0.2) is 22.0 Å². The van der Waals surface area contributed by atoms with E-state index >= 15 is 0 Å². The molecule has 0 aliphatic heterocycles. The molecule has 1 amide bonds. The van der Waals surface area contributed by atoms with E-state index in [-0.39, 0.29) is 16.5 Å². The normalized spacial score (nSPS) is 10.8. The Morgan fingerprint density at radius 1 is 1.43 bits per heavy atom. The number of hydrogen-bond donors (Lipinski definition) is 2. The lowest BCUT2D eigenvalue weighted by atomic mass is 10.2. The van der Waals surface area contributed by atoms with Gasteiger partial charge in [-0.1, -0.05) is 11.6 Å². The predicted octanol–water partition coefficient (Wildman–Crippen LogP) is 3.46. The zero-order chi connectivity index (χ0) is 15.4. The second-order valence-electron chi connectivity index (χ2n) is 4.11. The van der Waals surface area contributed by atoms with Crippen molar-refractivity contribution in [3.63, 3.8) is 0 Å². The molecule has 0 spiro atoms. The fourth-order valence-electron chi connectivity index (χ4n) is 1.57. The Morgan fingerprint density at radius 2 is 2.19 bits per heavy atom. The third-order valence-electron chi connectivity index (χ3n) is 2.51. The summed E-state index contributed by atoms with van der Waals surface area (Å²) in [5.41, 5.74) is 1.13. The van der Waals surface area contributed by atoms with Crippen LogP contribution in [0.2, 0.25) is 5.02 Å².